The van der Waals surface area contributed by atoms with E-state index < -0.39 is 0 Å². The second kappa shape index (κ2) is 5.31. The number of hydrazine groups is 1. The van der Waals surface area contributed by atoms with Gasteiger partial charge >= 0.3 is 0 Å². The Morgan fingerprint density at radius 1 is 1.47 bits per heavy atom. The topological polar surface area (TPSA) is 58.4 Å². The van der Waals surface area contributed by atoms with Crippen LogP contribution in [0.4, 0.5) is 0 Å². The van der Waals surface area contributed by atoms with Gasteiger partial charge in [-0.1, -0.05) is 30.3 Å². The lowest BCUT2D eigenvalue weighted by Crippen LogP contribution is -2.47. The maximum atomic E-state index is 10.9. The van der Waals surface area contributed by atoms with Gasteiger partial charge in [-0.15, -0.1) is 0 Å². The third kappa shape index (κ3) is 3.95. The van der Waals surface area contributed by atoms with Crippen LogP contribution in [-0.2, 0) is 11.3 Å². The number of rotatable bonds is 2. The van der Waals surface area contributed by atoms with Crippen LogP contribution < -0.4 is 11.2 Å². The highest BCUT2D eigenvalue weighted by Crippen LogP contribution is 2.02. The van der Waals surface area contributed by atoms with Gasteiger partial charge in [-0.3, -0.25) is 15.2 Å². The summed E-state index contributed by atoms with van der Waals surface area (Å²) in [6.07, 6.45) is 0. The molecule has 0 heterocycles. The minimum Gasteiger partial charge on any atom is -0.375 e. The summed E-state index contributed by atoms with van der Waals surface area (Å²) in [5, 5.41) is 1.58. The maximum absolute atomic E-state index is 10.9. The van der Waals surface area contributed by atoms with Crippen LogP contribution in [0.3, 0.4) is 0 Å². The Kier molecular flexibility index (Phi) is 4.05. The van der Waals surface area contributed by atoms with Crippen molar-refractivity contribution in [1.82, 2.24) is 10.4 Å². The van der Waals surface area contributed by atoms with E-state index >= 15 is 0 Å². The first kappa shape index (κ1) is 11.5. The van der Waals surface area contributed by atoms with Crippen LogP contribution in [0.5, 0.6) is 0 Å². The summed E-state index contributed by atoms with van der Waals surface area (Å²) in [6.45, 7) is 1.88. The smallest absolute Gasteiger partial charge is 0.235 e. The van der Waals surface area contributed by atoms with Gasteiger partial charge in [0.25, 0.3) is 0 Å². The van der Waals surface area contributed by atoms with Crippen molar-refractivity contribution in [3.05, 3.63) is 35.9 Å². The van der Waals surface area contributed by atoms with Crippen molar-refractivity contribution in [2.75, 3.05) is 0 Å². The zero-order valence-corrected chi connectivity index (χ0v) is 9.25. The number of nitrogens with zero attached hydrogens (tertiary/aromatic N) is 1. The van der Waals surface area contributed by atoms with Crippen molar-refractivity contribution in [1.29, 1.82) is 0 Å². The molecule has 0 unspecified atom stereocenters. The highest BCUT2D eigenvalue weighted by atomic mass is 32.1. The van der Waals surface area contributed by atoms with Gasteiger partial charge in [0.2, 0.25) is 5.91 Å². The molecule has 0 spiro atoms. The van der Waals surface area contributed by atoms with Crippen molar-refractivity contribution in [2.24, 2.45) is 5.73 Å². The van der Waals surface area contributed by atoms with Crippen LogP contribution in [0.1, 0.15) is 12.5 Å². The lowest BCUT2D eigenvalue weighted by atomic mass is 10.2. The second-order valence-corrected chi connectivity index (χ2v) is 3.50. The maximum Gasteiger partial charge on any atom is 0.235 e. The fourth-order valence-corrected chi connectivity index (χ4v) is 1.24. The standard InChI is InChI=1S/C10H13N3OS/c1-8(14)12-13(10(11)15)7-9-5-3-2-4-6-9/h2-6H,7H2,1H3,(H2,11,15)(H,12,14). The Bertz CT molecular complexity index is 353. The summed E-state index contributed by atoms with van der Waals surface area (Å²) in [4.78, 5) is 10.9. The van der Waals surface area contributed by atoms with Gasteiger partial charge < -0.3 is 5.73 Å². The zero-order chi connectivity index (χ0) is 11.3. The second-order valence-electron chi connectivity index (χ2n) is 3.08. The molecule has 0 atom stereocenters. The molecule has 0 saturated heterocycles. The number of carbonyl (C=O) groups is 1. The lowest BCUT2D eigenvalue weighted by Gasteiger charge is -2.22. The van der Waals surface area contributed by atoms with E-state index in [1.807, 2.05) is 30.3 Å². The molecule has 15 heavy (non-hydrogen) atoms. The molecule has 0 fully saturated rings. The Labute approximate surface area is 94.0 Å². The summed E-state index contributed by atoms with van der Waals surface area (Å²) in [6, 6.07) is 9.63. The first-order valence-corrected chi connectivity index (χ1v) is 4.88. The van der Waals surface area contributed by atoms with Crippen molar-refractivity contribution in [3.63, 3.8) is 0 Å². The lowest BCUT2D eigenvalue weighted by molar-refractivity contribution is -0.122. The van der Waals surface area contributed by atoms with E-state index in [-0.39, 0.29) is 11.0 Å². The molecule has 3 N–H and O–H groups in total. The number of nitrogens with two attached hydrogens (primary N) is 1. The molecular weight excluding hydrogens is 210 g/mol. The normalized spacial score (nSPS) is 9.40. The molecule has 1 aromatic rings. The van der Waals surface area contributed by atoms with E-state index in [0.717, 1.165) is 5.56 Å². The van der Waals surface area contributed by atoms with Crippen molar-refractivity contribution in [2.45, 2.75) is 13.5 Å². The molecule has 80 valence electrons. The van der Waals surface area contributed by atoms with Crippen LogP contribution in [-0.4, -0.2) is 16.0 Å². The number of amides is 1. The first-order valence-electron chi connectivity index (χ1n) is 4.47. The average Bonchev–Trinajstić information content (AvgIpc) is 2.17. The van der Waals surface area contributed by atoms with Crippen LogP contribution in [0.25, 0.3) is 0 Å². The fourth-order valence-electron chi connectivity index (χ4n) is 1.13. The quantitative estimate of drug-likeness (QED) is 0.575. The first-order chi connectivity index (χ1) is 7.09. The Hall–Kier alpha value is -1.62. The van der Waals surface area contributed by atoms with Crippen molar-refractivity contribution < 1.29 is 4.79 Å². The molecule has 1 rings (SSSR count). The average molecular weight is 223 g/mol. The van der Waals surface area contributed by atoms with Gasteiger partial charge in [-0.25, -0.2) is 0 Å². The van der Waals surface area contributed by atoms with Gasteiger partial charge in [0, 0.05) is 6.92 Å². The number of hydrogen-bond donors (Lipinski definition) is 2. The SMILES string of the molecule is CC(=O)NN(Cc1ccccc1)C(N)=S. The third-order valence-electron chi connectivity index (χ3n) is 1.74. The van der Waals surface area contributed by atoms with E-state index in [4.69, 9.17) is 18.0 Å². The molecule has 4 nitrogen and oxygen atoms in total. The highest BCUT2D eigenvalue weighted by molar-refractivity contribution is 7.80. The van der Waals surface area contributed by atoms with E-state index in [0.29, 0.717) is 6.54 Å². The monoisotopic (exact) mass is 223 g/mol. The molecule has 1 aromatic carbocycles. The third-order valence-corrected chi connectivity index (χ3v) is 1.96. The largest absolute Gasteiger partial charge is 0.375 e. The highest BCUT2D eigenvalue weighted by Gasteiger charge is 2.07. The van der Waals surface area contributed by atoms with Crippen LogP contribution in [0, 0.1) is 0 Å². The molecule has 0 aliphatic carbocycles. The Morgan fingerprint density at radius 3 is 2.53 bits per heavy atom. The van der Waals surface area contributed by atoms with Crippen LogP contribution in [0.2, 0.25) is 0 Å². The fraction of sp³-hybridized carbons (Fsp3) is 0.200. The zero-order valence-electron chi connectivity index (χ0n) is 8.43. The summed E-state index contributed by atoms with van der Waals surface area (Å²) in [7, 11) is 0. The molecule has 1 amide bonds. The van der Waals surface area contributed by atoms with Gasteiger partial charge in [-0.2, -0.15) is 0 Å². The summed E-state index contributed by atoms with van der Waals surface area (Å²) in [5.41, 5.74) is 9.06. The van der Waals surface area contributed by atoms with E-state index in [1.54, 1.807) is 0 Å². The molecule has 5 heteroatoms. The van der Waals surface area contributed by atoms with Gasteiger partial charge in [0.05, 0.1) is 6.54 Å². The van der Waals surface area contributed by atoms with Gasteiger partial charge in [0.15, 0.2) is 5.11 Å². The molecule has 0 radical (unpaired) electrons. The number of benzene rings is 1. The Morgan fingerprint density at radius 2 is 2.07 bits per heavy atom. The molecule has 0 aromatic heterocycles. The minimum absolute atomic E-state index is 0.147. The van der Waals surface area contributed by atoms with E-state index in [9.17, 15) is 4.79 Å². The summed E-state index contributed by atoms with van der Waals surface area (Å²) < 4.78 is 0. The predicted octanol–water partition coefficient (Wildman–Crippen LogP) is 0.783. The Balaban J connectivity index is 2.67. The number of carbonyl (C=O) groups excluding carboxylic acids is 1. The van der Waals surface area contributed by atoms with Gasteiger partial charge in [0.1, 0.15) is 0 Å². The number of hydrogen-bond acceptors (Lipinski definition) is 2. The molecule has 0 saturated carbocycles. The van der Waals surface area contributed by atoms with Crippen LogP contribution >= 0.6 is 12.2 Å². The van der Waals surface area contributed by atoms with Gasteiger partial charge in [-0.05, 0) is 17.8 Å². The van der Waals surface area contributed by atoms with Crippen molar-refractivity contribution in [3.8, 4) is 0 Å². The summed E-state index contributed by atoms with van der Waals surface area (Å²) in [5.74, 6) is -0.196. The molecule has 0 aliphatic rings. The molecule has 0 bridgehead atoms. The predicted molar refractivity (Wildman–Crippen MR) is 62.6 cm³/mol. The van der Waals surface area contributed by atoms with E-state index in [1.165, 1.54) is 11.9 Å². The molecule has 0 aliphatic heterocycles. The number of thiocarbonyl (C=S) groups is 1. The van der Waals surface area contributed by atoms with Crippen LogP contribution in [0.15, 0.2) is 30.3 Å². The van der Waals surface area contributed by atoms with Crippen molar-refractivity contribution >= 4 is 23.2 Å². The minimum atomic E-state index is -0.196. The summed E-state index contributed by atoms with van der Waals surface area (Å²) >= 11 is 4.82. The number of nitrogens with one attached hydrogen (secondary N) is 1. The van der Waals surface area contributed by atoms with E-state index in [2.05, 4.69) is 5.43 Å². The molecular formula is C10H13N3OS.